The SMILES string of the molecule is C=CC(Cc1ccc(F)cc1)c1csc(Nc2ncc(F)cn2)n1. The van der Waals surface area contributed by atoms with E-state index in [0.29, 0.717) is 11.6 Å². The highest BCUT2D eigenvalue weighted by atomic mass is 32.1. The fourth-order valence-corrected chi connectivity index (χ4v) is 2.94. The van der Waals surface area contributed by atoms with Gasteiger partial charge in [0, 0.05) is 11.3 Å². The molecule has 0 bridgehead atoms. The number of allylic oxidation sites excluding steroid dienone is 1. The summed E-state index contributed by atoms with van der Waals surface area (Å²) in [5, 5.41) is 5.47. The van der Waals surface area contributed by atoms with E-state index >= 15 is 0 Å². The van der Waals surface area contributed by atoms with Crippen LogP contribution in [-0.2, 0) is 6.42 Å². The van der Waals surface area contributed by atoms with Crippen molar-refractivity contribution in [2.45, 2.75) is 12.3 Å². The molecule has 0 amide bonds. The molecule has 7 heteroatoms. The lowest BCUT2D eigenvalue weighted by molar-refractivity contribution is 0.614. The van der Waals surface area contributed by atoms with Crippen molar-refractivity contribution < 1.29 is 8.78 Å². The zero-order valence-electron chi connectivity index (χ0n) is 12.6. The van der Waals surface area contributed by atoms with Crippen molar-refractivity contribution >= 4 is 22.4 Å². The minimum Gasteiger partial charge on any atom is -0.300 e. The van der Waals surface area contributed by atoms with E-state index < -0.39 is 5.82 Å². The van der Waals surface area contributed by atoms with Crippen LogP contribution in [0, 0.1) is 11.6 Å². The van der Waals surface area contributed by atoms with Crippen molar-refractivity contribution in [3.05, 3.63) is 77.6 Å². The first kappa shape index (κ1) is 16.2. The Kier molecular flexibility index (Phi) is 4.90. The molecule has 3 aromatic rings. The highest BCUT2D eigenvalue weighted by Crippen LogP contribution is 2.27. The van der Waals surface area contributed by atoms with Crippen molar-refractivity contribution in [1.29, 1.82) is 0 Å². The van der Waals surface area contributed by atoms with Gasteiger partial charge >= 0.3 is 0 Å². The zero-order chi connectivity index (χ0) is 16.9. The van der Waals surface area contributed by atoms with Crippen LogP contribution in [-0.4, -0.2) is 15.0 Å². The van der Waals surface area contributed by atoms with E-state index in [9.17, 15) is 8.78 Å². The van der Waals surface area contributed by atoms with Crippen LogP contribution in [0.4, 0.5) is 19.9 Å². The molecule has 0 aliphatic carbocycles. The van der Waals surface area contributed by atoms with Crippen LogP contribution in [0.3, 0.4) is 0 Å². The van der Waals surface area contributed by atoms with Crippen molar-refractivity contribution in [1.82, 2.24) is 15.0 Å². The molecule has 3 rings (SSSR count). The summed E-state index contributed by atoms with van der Waals surface area (Å²) >= 11 is 1.40. The summed E-state index contributed by atoms with van der Waals surface area (Å²) in [6.45, 7) is 3.86. The number of anilines is 2. The topological polar surface area (TPSA) is 50.7 Å². The Morgan fingerprint density at radius 3 is 2.50 bits per heavy atom. The molecule has 4 nitrogen and oxygen atoms in total. The van der Waals surface area contributed by atoms with Crippen LogP contribution < -0.4 is 5.32 Å². The highest BCUT2D eigenvalue weighted by Gasteiger charge is 2.13. The molecule has 0 aliphatic rings. The third-order valence-corrected chi connectivity index (χ3v) is 4.17. The molecule has 1 aromatic carbocycles. The van der Waals surface area contributed by atoms with Crippen LogP contribution in [0.1, 0.15) is 17.2 Å². The smallest absolute Gasteiger partial charge is 0.229 e. The molecule has 2 heterocycles. The van der Waals surface area contributed by atoms with Crippen LogP contribution in [0.5, 0.6) is 0 Å². The van der Waals surface area contributed by atoms with Crippen LogP contribution >= 0.6 is 11.3 Å². The summed E-state index contributed by atoms with van der Waals surface area (Å²) in [6, 6.07) is 6.39. The summed E-state index contributed by atoms with van der Waals surface area (Å²) in [5.74, 6) is -0.456. The quantitative estimate of drug-likeness (QED) is 0.671. The van der Waals surface area contributed by atoms with Gasteiger partial charge in [0.05, 0.1) is 18.1 Å². The summed E-state index contributed by atoms with van der Waals surface area (Å²) < 4.78 is 25.8. The second-order valence-electron chi connectivity index (χ2n) is 5.10. The molecule has 1 N–H and O–H groups in total. The van der Waals surface area contributed by atoms with E-state index in [2.05, 4.69) is 26.8 Å². The first-order valence-electron chi connectivity index (χ1n) is 7.21. The van der Waals surface area contributed by atoms with Gasteiger partial charge in [-0.2, -0.15) is 0 Å². The van der Waals surface area contributed by atoms with Crippen molar-refractivity contribution in [2.75, 3.05) is 5.32 Å². The number of thiazole rings is 1. The Morgan fingerprint density at radius 2 is 1.83 bits per heavy atom. The number of hydrogen-bond donors (Lipinski definition) is 1. The molecule has 0 fully saturated rings. The van der Waals surface area contributed by atoms with Gasteiger partial charge in [0.1, 0.15) is 5.82 Å². The number of nitrogens with zero attached hydrogens (tertiary/aromatic N) is 3. The van der Waals surface area contributed by atoms with Gasteiger partial charge in [-0.15, -0.1) is 17.9 Å². The van der Waals surface area contributed by atoms with Gasteiger partial charge in [-0.1, -0.05) is 18.2 Å². The Morgan fingerprint density at radius 1 is 1.12 bits per heavy atom. The highest BCUT2D eigenvalue weighted by molar-refractivity contribution is 7.13. The van der Waals surface area contributed by atoms with Crippen LogP contribution in [0.25, 0.3) is 0 Å². The van der Waals surface area contributed by atoms with Crippen LogP contribution in [0.2, 0.25) is 0 Å². The first-order valence-corrected chi connectivity index (χ1v) is 8.09. The largest absolute Gasteiger partial charge is 0.300 e. The minimum absolute atomic E-state index is 0.0106. The van der Waals surface area contributed by atoms with E-state index in [1.54, 1.807) is 12.1 Å². The van der Waals surface area contributed by atoms with Gasteiger partial charge in [-0.05, 0) is 24.1 Å². The molecule has 0 saturated carbocycles. The number of rotatable bonds is 6. The molecule has 1 unspecified atom stereocenters. The van der Waals surface area contributed by atoms with E-state index in [4.69, 9.17) is 0 Å². The van der Waals surface area contributed by atoms with E-state index in [1.807, 2.05) is 11.5 Å². The first-order chi connectivity index (χ1) is 11.6. The molecule has 0 radical (unpaired) electrons. The summed E-state index contributed by atoms with van der Waals surface area (Å²) in [7, 11) is 0. The third kappa shape index (κ3) is 3.99. The zero-order valence-corrected chi connectivity index (χ0v) is 13.4. The van der Waals surface area contributed by atoms with Crippen molar-refractivity contribution in [3.63, 3.8) is 0 Å². The predicted octanol–water partition coefficient (Wildman–Crippen LogP) is 4.47. The second-order valence-corrected chi connectivity index (χ2v) is 5.96. The van der Waals surface area contributed by atoms with E-state index in [-0.39, 0.29) is 17.7 Å². The molecule has 0 spiro atoms. The maximum Gasteiger partial charge on any atom is 0.229 e. The maximum absolute atomic E-state index is 13.0. The number of hydrogen-bond acceptors (Lipinski definition) is 5. The van der Waals surface area contributed by atoms with Gasteiger partial charge in [0.2, 0.25) is 5.95 Å². The average molecular weight is 344 g/mol. The third-order valence-electron chi connectivity index (χ3n) is 3.39. The molecular weight excluding hydrogens is 330 g/mol. The van der Waals surface area contributed by atoms with Crippen molar-refractivity contribution in [2.24, 2.45) is 0 Å². The fourth-order valence-electron chi connectivity index (χ4n) is 2.17. The Balaban J connectivity index is 1.71. The summed E-state index contributed by atoms with van der Waals surface area (Å²) in [4.78, 5) is 12.2. The molecule has 122 valence electrons. The molecule has 0 saturated heterocycles. The number of nitrogens with one attached hydrogen (secondary N) is 1. The Hall–Kier alpha value is -2.67. The second kappa shape index (κ2) is 7.27. The van der Waals surface area contributed by atoms with Gasteiger partial charge in [0.15, 0.2) is 10.9 Å². The molecule has 2 aromatic heterocycles. The summed E-state index contributed by atoms with van der Waals surface area (Å²) in [6.07, 6.45) is 4.67. The molecule has 24 heavy (non-hydrogen) atoms. The van der Waals surface area contributed by atoms with E-state index in [0.717, 1.165) is 23.7 Å². The predicted molar refractivity (Wildman–Crippen MR) is 90.4 cm³/mol. The average Bonchev–Trinajstić information content (AvgIpc) is 3.05. The monoisotopic (exact) mass is 344 g/mol. The molecule has 0 aliphatic heterocycles. The van der Waals surface area contributed by atoms with Gasteiger partial charge < -0.3 is 5.32 Å². The van der Waals surface area contributed by atoms with Gasteiger partial charge in [0.25, 0.3) is 0 Å². The lowest BCUT2D eigenvalue weighted by Gasteiger charge is -2.09. The fraction of sp³-hybridized carbons (Fsp3) is 0.118. The van der Waals surface area contributed by atoms with E-state index in [1.165, 1.54) is 23.5 Å². The number of aromatic nitrogens is 3. The number of benzene rings is 1. The summed E-state index contributed by atoms with van der Waals surface area (Å²) in [5.41, 5.74) is 1.86. The van der Waals surface area contributed by atoms with Gasteiger partial charge in [-0.3, -0.25) is 0 Å². The standard InChI is InChI=1S/C17H14F2N4S/c1-2-12(7-11-3-5-13(18)6-4-11)15-10-24-17(22-15)23-16-20-8-14(19)9-21-16/h2-6,8-10,12H,1,7H2,(H,20,21,22,23). The lowest BCUT2D eigenvalue weighted by Crippen LogP contribution is -2.01. The lowest BCUT2D eigenvalue weighted by atomic mass is 9.97. The van der Waals surface area contributed by atoms with Crippen LogP contribution in [0.15, 0.2) is 54.7 Å². The Labute approximate surface area is 141 Å². The minimum atomic E-state index is -0.494. The van der Waals surface area contributed by atoms with Crippen molar-refractivity contribution in [3.8, 4) is 0 Å². The Bertz CT molecular complexity index is 815. The maximum atomic E-state index is 13.0. The van der Waals surface area contributed by atoms with Gasteiger partial charge in [-0.25, -0.2) is 23.7 Å². The molecule has 1 atom stereocenters. The normalized spacial score (nSPS) is 11.9. The molecular formula is C17H14F2N4S. The number of halogens is 2.